The maximum Gasteiger partial charge on any atom is 0.232 e. The van der Waals surface area contributed by atoms with Crippen molar-refractivity contribution in [3.8, 4) is 0 Å². The highest BCUT2D eigenvalue weighted by molar-refractivity contribution is 5.28. The van der Waals surface area contributed by atoms with Crippen LogP contribution in [0.5, 0.6) is 0 Å². The molecule has 1 aliphatic carbocycles. The van der Waals surface area contributed by atoms with Gasteiger partial charge in [0.15, 0.2) is 0 Å². The first-order valence-electron chi connectivity index (χ1n) is 7.37. The number of rotatable bonds is 4. The predicted molar refractivity (Wildman–Crippen MR) is 82.9 cm³/mol. The minimum Gasteiger partial charge on any atom is -0.383 e. The van der Waals surface area contributed by atoms with E-state index in [4.69, 9.17) is 0 Å². The molecular formula is C17H23NO3. The summed E-state index contributed by atoms with van der Waals surface area (Å²) in [6, 6.07) is 8.22. The Morgan fingerprint density at radius 3 is 2.62 bits per heavy atom. The molecule has 0 radical (unpaired) electrons. The summed E-state index contributed by atoms with van der Waals surface area (Å²) in [4.78, 5) is 10.4. The quantitative estimate of drug-likeness (QED) is 0.524. The Labute approximate surface area is 125 Å². The van der Waals surface area contributed by atoms with Gasteiger partial charge in [-0.3, -0.25) is 10.1 Å². The summed E-state index contributed by atoms with van der Waals surface area (Å²) in [5.74, 6) is 0.376. The fraction of sp³-hybridized carbons (Fsp3) is 0.529. The van der Waals surface area contributed by atoms with E-state index < -0.39 is 10.5 Å². The Hall–Kier alpha value is -1.68. The Morgan fingerprint density at radius 1 is 1.48 bits per heavy atom. The first kappa shape index (κ1) is 15.7. The number of nitrogens with zero attached hydrogens (tertiary/aromatic N) is 1. The highest BCUT2D eigenvalue weighted by Gasteiger charge is 2.43. The topological polar surface area (TPSA) is 63.4 Å². The zero-order chi connectivity index (χ0) is 15.6. The minimum atomic E-state index is -1.20. The third kappa shape index (κ3) is 3.70. The van der Waals surface area contributed by atoms with Crippen molar-refractivity contribution in [1.82, 2.24) is 0 Å². The molecule has 21 heavy (non-hydrogen) atoms. The van der Waals surface area contributed by atoms with Gasteiger partial charge in [-0.1, -0.05) is 42.0 Å². The minimum absolute atomic E-state index is 0.0989. The normalized spacial score (nSPS) is 29.1. The van der Waals surface area contributed by atoms with Crippen LogP contribution in [0, 0.1) is 23.0 Å². The largest absolute Gasteiger partial charge is 0.383 e. The molecule has 0 saturated heterocycles. The van der Waals surface area contributed by atoms with Crippen molar-refractivity contribution in [3.63, 3.8) is 0 Å². The van der Waals surface area contributed by atoms with E-state index in [0.29, 0.717) is 12.8 Å². The number of aliphatic hydroxyl groups is 1. The van der Waals surface area contributed by atoms with Crippen LogP contribution in [0.15, 0.2) is 36.4 Å². The fourth-order valence-electron chi connectivity index (χ4n) is 3.42. The summed E-state index contributed by atoms with van der Waals surface area (Å²) < 4.78 is 0. The van der Waals surface area contributed by atoms with Gasteiger partial charge < -0.3 is 5.11 Å². The lowest BCUT2D eigenvalue weighted by molar-refractivity contribution is -0.502. The van der Waals surface area contributed by atoms with Crippen LogP contribution in [0.3, 0.4) is 0 Å². The smallest absolute Gasteiger partial charge is 0.232 e. The van der Waals surface area contributed by atoms with Crippen LogP contribution in [-0.2, 0) is 0 Å². The van der Waals surface area contributed by atoms with Crippen LogP contribution < -0.4 is 0 Å². The number of hydrogen-bond donors (Lipinski definition) is 1. The third-order valence-electron chi connectivity index (χ3n) is 4.57. The van der Waals surface area contributed by atoms with Gasteiger partial charge in [0.05, 0.1) is 0 Å². The number of allylic oxidation sites excluding steroid dienone is 1. The van der Waals surface area contributed by atoms with Gasteiger partial charge in [0.1, 0.15) is 5.60 Å². The number of benzene rings is 1. The SMILES string of the molecule is C=C(C)[C@@H]1CCC(O)(C[N+](=O)[O-])C[C@H]1c1ccc(C)cc1. The lowest BCUT2D eigenvalue weighted by Gasteiger charge is -2.40. The molecule has 1 N–H and O–H groups in total. The molecule has 4 nitrogen and oxygen atoms in total. The first-order valence-corrected chi connectivity index (χ1v) is 7.37. The van der Waals surface area contributed by atoms with Gasteiger partial charge in [-0.25, -0.2) is 0 Å². The average molecular weight is 289 g/mol. The third-order valence-corrected chi connectivity index (χ3v) is 4.57. The van der Waals surface area contributed by atoms with Crippen LogP contribution in [-0.4, -0.2) is 22.2 Å². The lowest BCUT2D eigenvalue weighted by Crippen LogP contribution is -2.43. The van der Waals surface area contributed by atoms with Gasteiger partial charge in [0, 0.05) is 4.92 Å². The van der Waals surface area contributed by atoms with Crippen LogP contribution >= 0.6 is 0 Å². The fourth-order valence-corrected chi connectivity index (χ4v) is 3.42. The molecule has 1 aliphatic rings. The van der Waals surface area contributed by atoms with Crippen molar-refractivity contribution in [2.45, 2.75) is 44.6 Å². The molecule has 0 spiro atoms. The predicted octanol–water partition coefficient (Wildman–Crippen LogP) is 3.46. The first-order chi connectivity index (χ1) is 9.81. The molecule has 1 fully saturated rings. The summed E-state index contributed by atoms with van der Waals surface area (Å²) >= 11 is 0. The highest BCUT2D eigenvalue weighted by Crippen LogP contribution is 2.45. The Balaban J connectivity index is 2.29. The van der Waals surface area contributed by atoms with E-state index in [-0.39, 0.29) is 18.4 Å². The molecule has 4 heteroatoms. The van der Waals surface area contributed by atoms with E-state index in [1.165, 1.54) is 5.56 Å². The zero-order valence-corrected chi connectivity index (χ0v) is 12.7. The molecule has 0 amide bonds. The Bertz CT molecular complexity index is 537. The molecular weight excluding hydrogens is 266 g/mol. The standard InChI is InChI=1S/C17H23NO3/c1-12(2)15-8-9-17(19,11-18(20)21)10-16(15)14-6-4-13(3)5-7-14/h4-7,15-16,19H,1,8-11H2,2-3H3/t15-,16-,17?/m0/s1. The lowest BCUT2D eigenvalue weighted by atomic mass is 9.67. The molecule has 0 bridgehead atoms. The summed E-state index contributed by atoms with van der Waals surface area (Å²) in [6.07, 6.45) is 1.64. The van der Waals surface area contributed by atoms with E-state index in [1.807, 2.05) is 26.0 Å². The van der Waals surface area contributed by atoms with Crippen molar-refractivity contribution in [1.29, 1.82) is 0 Å². The average Bonchev–Trinajstić information content (AvgIpc) is 2.37. The van der Waals surface area contributed by atoms with Gasteiger partial charge in [-0.05, 0) is 50.5 Å². The molecule has 1 unspecified atom stereocenters. The highest BCUT2D eigenvalue weighted by atomic mass is 16.6. The molecule has 1 aromatic rings. The van der Waals surface area contributed by atoms with Crippen LogP contribution in [0.25, 0.3) is 0 Å². The van der Waals surface area contributed by atoms with Gasteiger partial charge in [0.2, 0.25) is 6.54 Å². The van der Waals surface area contributed by atoms with Gasteiger partial charge in [-0.2, -0.15) is 0 Å². The molecule has 114 valence electrons. The molecule has 1 saturated carbocycles. The molecule has 2 rings (SSSR count). The molecule has 0 heterocycles. The van der Waals surface area contributed by atoms with E-state index in [2.05, 4.69) is 18.7 Å². The van der Waals surface area contributed by atoms with E-state index >= 15 is 0 Å². The van der Waals surface area contributed by atoms with Crippen molar-refractivity contribution in [2.75, 3.05) is 6.54 Å². The van der Waals surface area contributed by atoms with Crippen LogP contribution in [0.1, 0.15) is 43.2 Å². The summed E-state index contributed by atoms with van der Waals surface area (Å²) in [5.41, 5.74) is 2.20. The molecule has 0 aromatic heterocycles. The Kier molecular flexibility index (Phi) is 4.47. The maximum absolute atomic E-state index is 10.8. The second kappa shape index (κ2) is 5.98. The second-order valence-electron chi connectivity index (χ2n) is 6.43. The number of nitro groups is 1. The molecule has 0 aliphatic heterocycles. The van der Waals surface area contributed by atoms with E-state index in [0.717, 1.165) is 17.6 Å². The van der Waals surface area contributed by atoms with Gasteiger partial charge in [0.25, 0.3) is 0 Å². The number of hydrogen-bond acceptors (Lipinski definition) is 3. The summed E-state index contributed by atoms with van der Waals surface area (Å²) in [5, 5.41) is 21.4. The number of aryl methyl sites for hydroxylation is 1. The van der Waals surface area contributed by atoms with Crippen LogP contribution in [0.4, 0.5) is 0 Å². The van der Waals surface area contributed by atoms with E-state index in [9.17, 15) is 15.2 Å². The van der Waals surface area contributed by atoms with Crippen molar-refractivity contribution < 1.29 is 10.0 Å². The van der Waals surface area contributed by atoms with Crippen molar-refractivity contribution in [2.24, 2.45) is 5.92 Å². The maximum atomic E-state index is 10.8. The summed E-state index contributed by atoms with van der Waals surface area (Å²) in [6.45, 7) is 7.72. The van der Waals surface area contributed by atoms with Gasteiger partial charge in [-0.15, -0.1) is 0 Å². The molecule has 3 atom stereocenters. The second-order valence-corrected chi connectivity index (χ2v) is 6.43. The molecule has 1 aromatic carbocycles. The zero-order valence-electron chi connectivity index (χ0n) is 12.7. The summed E-state index contributed by atoms with van der Waals surface area (Å²) in [7, 11) is 0. The van der Waals surface area contributed by atoms with Gasteiger partial charge >= 0.3 is 0 Å². The monoisotopic (exact) mass is 289 g/mol. The van der Waals surface area contributed by atoms with Crippen molar-refractivity contribution >= 4 is 0 Å². The van der Waals surface area contributed by atoms with Crippen molar-refractivity contribution in [3.05, 3.63) is 57.7 Å². The Morgan fingerprint density at radius 2 is 2.10 bits per heavy atom. The van der Waals surface area contributed by atoms with E-state index in [1.54, 1.807) is 0 Å². The van der Waals surface area contributed by atoms with Crippen LogP contribution in [0.2, 0.25) is 0 Å².